The van der Waals surface area contributed by atoms with Crippen molar-refractivity contribution in [3.63, 3.8) is 0 Å². The molecule has 1 amide bonds. The van der Waals surface area contributed by atoms with Gasteiger partial charge in [-0.3, -0.25) is 9.59 Å². The summed E-state index contributed by atoms with van der Waals surface area (Å²) >= 11 is 0. The Morgan fingerprint density at radius 2 is 1.75 bits per heavy atom. The maximum atomic E-state index is 12.9. The first-order valence-electron chi connectivity index (χ1n) is 11.2. The van der Waals surface area contributed by atoms with Crippen LogP contribution in [0.15, 0.2) is 52.9 Å². The standard InChI is InChI=1S/C25H27N3O4/c1-17(23(29)28-15-10-18-6-2-3-7-20(18)16-28)31-24(30)19-11-13-27(14-12-19)25-26-21-8-4-5-9-22(21)32-25/h2-9,17,19H,10-16H2,1H3/t17-/m0/s1. The van der Waals surface area contributed by atoms with Gasteiger partial charge in [-0.25, -0.2) is 0 Å². The van der Waals surface area contributed by atoms with E-state index in [1.807, 2.05) is 36.4 Å². The van der Waals surface area contributed by atoms with Gasteiger partial charge in [0.2, 0.25) is 0 Å². The molecule has 2 aliphatic heterocycles. The van der Waals surface area contributed by atoms with Crippen molar-refractivity contribution in [2.75, 3.05) is 24.5 Å². The second-order valence-electron chi connectivity index (χ2n) is 8.58. The molecule has 2 aromatic carbocycles. The number of esters is 1. The minimum Gasteiger partial charge on any atom is -0.452 e. The molecule has 0 bridgehead atoms. The first-order chi connectivity index (χ1) is 15.6. The highest BCUT2D eigenvalue weighted by Gasteiger charge is 2.32. The fourth-order valence-electron chi connectivity index (χ4n) is 4.56. The van der Waals surface area contributed by atoms with Gasteiger partial charge in [-0.05, 0) is 49.4 Å². The van der Waals surface area contributed by atoms with E-state index in [0.717, 1.165) is 23.1 Å². The quantitative estimate of drug-likeness (QED) is 0.586. The van der Waals surface area contributed by atoms with E-state index < -0.39 is 6.10 Å². The van der Waals surface area contributed by atoms with Gasteiger partial charge < -0.3 is 19.0 Å². The molecule has 0 N–H and O–H groups in total. The van der Waals surface area contributed by atoms with Gasteiger partial charge in [-0.1, -0.05) is 36.4 Å². The topological polar surface area (TPSA) is 75.9 Å². The van der Waals surface area contributed by atoms with E-state index in [1.54, 1.807) is 11.8 Å². The number of hydrogen-bond acceptors (Lipinski definition) is 6. The average molecular weight is 434 g/mol. The molecule has 2 aliphatic rings. The monoisotopic (exact) mass is 433 g/mol. The molecule has 1 fully saturated rings. The van der Waals surface area contributed by atoms with Crippen LogP contribution in [-0.4, -0.2) is 47.5 Å². The molecule has 3 aromatic rings. The van der Waals surface area contributed by atoms with E-state index in [2.05, 4.69) is 22.0 Å². The number of oxazole rings is 1. The summed E-state index contributed by atoms with van der Waals surface area (Å²) in [6.07, 6.45) is 1.35. The zero-order valence-electron chi connectivity index (χ0n) is 18.2. The number of ether oxygens (including phenoxy) is 1. The predicted molar refractivity (Wildman–Crippen MR) is 120 cm³/mol. The Balaban J connectivity index is 1.14. The van der Waals surface area contributed by atoms with Crippen molar-refractivity contribution in [3.8, 4) is 0 Å². The van der Waals surface area contributed by atoms with E-state index in [0.29, 0.717) is 45.0 Å². The number of piperidine rings is 1. The Bertz CT molecular complexity index is 1100. The number of rotatable bonds is 4. The second kappa shape index (κ2) is 8.65. The smallest absolute Gasteiger partial charge is 0.309 e. The van der Waals surface area contributed by atoms with Crippen LogP contribution in [0.25, 0.3) is 11.1 Å². The number of fused-ring (bicyclic) bond motifs is 2. The van der Waals surface area contributed by atoms with Gasteiger partial charge in [0.1, 0.15) is 5.52 Å². The van der Waals surface area contributed by atoms with Gasteiger partial charge in [0.05, 0.1) is 5.92 Å². The SMILES string of the molecule is C[C@H](OC(=O)C1CCN(c2nc3ccccc3o2)CC1)C(=O)N1CCc2ccccc2C1. The Hall–Kier alpha value is -3.35. The maximum Gasteiger partial charge on any atom is 0.309 e. The average Bonchev–Trinajstić information content (AvgIpc) is 3.27. The fraction of sp³-hybridized carbons (Fsp3) is 0.400. The van der Waals surface area contributed by atoms with E-state index in [9.17, 15) is 9.59 Å². The van der Waals surface area contributed by atoms with Crippen LogP contribution in [0.5, 0.6) is 0 Å². The van der Waals surface area contributed by atoms with Crippen molar-refractivity contribution >= 4 is 29.0 Å². The Kier molecular flexibility index (Phi) is 5.55. The van der Waals surface area contributed by atoms with Gasteiger partial charge in [0, 0.05) is 26.2 Å². The summed E-state index contributed by atoms with van der Waals surface area (Å²) in [6.45, 7) is 4.23. The number of carbonyl (C=O) groups excluding carboxylic acids is 2. The molecular weight excluding hydrogens is 406 g/mol. The number of benzene rings is 2. The zero-order chi connectivity index (χ0) is 22.1. The molecular formula is C25H27N3O4. The molecule has 7 heteroatoms. The lowest BCUT2D eigenvalue weighted by Gasteiger charge is -2.32. The highest BCUT2D eigenvalue weighted by molar-refractivity contribution is 5.84. The molecule has 1 saturated heterocycles. The first kappa shape index (κ1) is 20.5. The van der Waals surface area contributed by atoms with Crippen LogP contribution in [-0.2, 0) is 27.3 Å². The summed E-state index contributed by atoms with van der Waals surface area (Å²) in [5.74, 6) is -0.634. The molecule has 7 nitrogen and oxygen atoms in total. The normalized spacial score (nSPS) is 17.8. The van der Waals surface area contributed by atoms with E-state index >= 15 is 0 Å². The van der Waals surface area contributed by atoms with Crippen molar-refractivity contribution in [2.24, 2.45) is 5.92 Å². The predicted octanol–water partition coefficient (Wildman–Crippen LogP) is 3.56. The van der Waals surface area contributed by atoms with Gasteiger partial charge in [-0.15, -0.1) is 0 Å². The van der Waals surface area contributed by atoms with Crippen molar-refractivity contribution in [3.05, 3.63) is 59.7 Å². The second-order valence-corrected chi connectivity index (χ2v) is 8.58. The van der Waals surface area contributed by atoms with Crippen LogP contribution >= 0.6 is 0 Å². The minimum absolute atomic E-state index is 0.128. The summed E-state index contributed by atoms with van der Waals surface area (Å²) in [5.41, 5.74) is 4.04. The zero-order valence-corrected chi connectivity index (χ0v) is 18.2. The Labute approximate surface area is 187 Å². The molecule has 3 heterocycles. The molecule has 0 unspecified atom stereocenters. The third-order valence-electron chi connectivity index (χ3n) is 6.46. The van der Waals surface area contributed by atoms with Crippen molar-refractivity contribution in [1.82, 2.24) is 9.88 Å². The Morgan fingerprint density at radius 1 is 1.03 bits per heavy atom. The summed E-state index contributed by atoms with van der Waals surface area (Å²) in [4.78, 5) is 34.0. The summed E-state index contributed by atoms with van der Waals surface area (Å²) in [6, 6.07) is 16.4. The van der Waals surface area contributed by atoms with E-state index in [-0.39, 0.29) is 17.8 Å². The number of carbonyl (C=O) groups is 2. The van der Waals surface area contributed by atoms with Crippen LogP contribution in [0.1, 0.15) is 30.9 Å². The number of anilines is 1. The number of nitrogens with zero attached hydrogens (tertiary/aromatic N) is 3. The molecule has 0 saturated carbocycles. The molecule has 0 radical (unpaired) electrons. The van der Waals surface area contributed by atoms with Crippen LogP contribution in [0, 0.1) is 5.92 Å². The summed E-state index contributed by atoms with van der Waals surface area (Å²) < 4.78 is 11.4. The third-order valence-corrected chi connectivity index (χ3v) is 6.46. The minimum atomic E-state index is -0.775. The molecule has 5 rings (SSSR count). The van der Waals surface area contributed by atoms with Crippen molar-refractivity contribution in [1.29, 1.82) is 0 Å². The first-order valence-corrected chi connectivity index (χ1v) is 11.2. The van der Waals surface area contributed by atoms with Crippen molar-refractivity contribution < 1.29 is 18.7 Å². The van der Waals surface area contributed by atoms with Crippen LogP contribution in [0.4, 0.5) is 6.01 Å². The lowest BCUT2D eigenvalue weighted by molar-refractivity contribution is -0.163. The number of hydrogen-bond donors (Lipinski definition) is 0. The highest BCUT2D eigenvalue weighted by atomic mass is 16.5. The van der Waals surface area contributed by atoms with Crippen molar-refractivity contribution in [2.45, 2.75) is 38.8 Å². The number of amides is 1. The molecule has 1 aromatic heterocycles. The third kappa shape index (κ3) is 4.07. The maximum absolute atomic E-state index is 12.9. The molecule has 0 spiro atoms. The van der Waals surface area contributed by atoms with Gasteiger partial charge in [0.15, 0.2) is 11.7 Å². The Morgan fingerprint density at radius 3 is 2.53 bits per heavy atom. The van der Waals surface area contributed by atoms with Gasteiger partial charge >= 0.3 is 5.97 Å². The molecule has 0 aliphatic carbocycles. The van der Waals surface area contributed by atoms with Crippen LogP contribution in [0.2, 0.25) is 0 Å². The summed E-state index contributed by atoms with van der Waals surface area (Å²) in [7, 11) is 0. The molecule has 166 valence electrons. The number of para-hydroxylation sites is 2. The lowest BCUT2D eigenvalue weighted by atomic mass is 9.97. The van der Waals surface area contributed by atoms with Gasteiger partial charge in [0.25, 0.3) is 11.9 Å². The largest absolute Gasteiger partial charge is 0.452 e. The molecule has 1 atom stereocenters. The summed E-state index contributed by atoms with van der Waals surface area (Å²) in [5, 5.41) is 0. The van der Waals surface area contributed by atoms with Crippen LogP contribution in [0.3, 0.4) is 0 Å². The highest BCUT2D eigenvalue weighted by Crippen LogP contribution is 2.27. The number of aromatic nitrogens is 1. The lowest BCUT2D eigenvalue weighted by Crippen LogP contribution is -2.44. The molecule has 32 heavy (non-hydrogen) atoms. The van der Waals surface area contributed by atoms with E-state index in [1.165, 1.54) is 5.56 Å². The fourth-order valence-corrected chi connectivity index (χ4v) is 4.56. The van der Waals surface area contributed by atoms with Crippen LogP contribution < -0.4 is 4.90 Å². The van der Waals surface area contributed by atoms with E-state index in [4.69, 9.17) is 9.15 Å². The van der Waals surface area contributed by atoms with Gasteiger partial charge in [-0.2, -0.15) is 4.98 Å².